The van der Waals surface area contributed by atoms with Gasteiger partial charge >= 0.3 is 0 Å². The van der Waals surface area contributed by atoms with Crippen molar-refractivity contribution in [1.82, 2.24) is 4.98 Å². The number of anilines is 1. The Balaban J connectivity index is 1.80. The first-order chi connectivity index (χ1) is 13.6. The zero-order valence-electron chi connectivity index (χ0n) is 15.9. The van der Waals surface area contributed by atoms with Crippen molar-refractivity contribution in [1.29, 1.82) is 0 Å². The number of hydrogen-bond acceptors (Lipinski definition) is 4. The Morgan fingerprint density at radius 3 is 2.64 bits per heavy atom. The van der Waals surface area contributed by atoms with Gasteiger partial charge in [0, 0.05) is 11.6 Å². The van der Waals surface area contributed by atoms with Gasteiger partial charge in [-0.1, -0.05) is 13.8 Å². The van der Waals surface area contributed by atoms with E-state index in [2.05, 4.69) is 10.3 Å². The number of nitrogens with one attached hydrogen (secondary N) is 1. The zero-order chi connectivity index (χ0) is 19.9. The maximum absolute atomic E-state index is 13.1. The largest absolute Gasteiger partial charge is 0.491 e. The number of hydrogen-bond donors (Lipinski definition) is 1. The molecule has 1 aromatic heterocycles. The van der Waals surface area contributed by atoms with Gasteiger partial charge in [0.05, 0.1) is 12.3 Å². The van der Waals surface area contributed by atoms with Gasteiger partial charge in [0.15, 0.2) is 6.10 Å². The van der Waals surface area contributed by atoms with Crippen LogP contribution in [0.4, 0.5) is 10.1 Å². The van der Waals surface area contributed by atoms with E-state index in [1.165, 1.54) is 24.3 Å². The average Bonchev–Trinajstić information content (AvgIpc) is 2.72. The fourth-order valence-electron chi connectivity index (χ4n) is 2.80. The molecule has 3 aromatic rings. The predicted molar refractivity (Wildman–Crippen MR) is 107 cm³/mol. The summed E-state index contributed by atoms with van der Waals surface area (Å²) in [7, 11) is 0. The van der Waals surface area contributed by atoms with Gasteiger partial charge in [-0.05, 0) is 61.4 Å². The summed E-state index contributed by atoms with van der Waals surface area (Å²) >= 11 is 0. The molecule has 0 aliphatic carbocycles. The number of nitrogens with zero attached hydrogens (tertiary/aromatic N) is 1. The van der Waals surface area contributed by atoms with Gasteiger partial charge < -0.3 is 14.8 Å². The van der Waals surface area contributed by atoms with Crippen molar-refractivity contribution >= 4 is 22.5 Å². The van der Waals surface area contributed by atoms with Crippen LogP contribution >= 0.6 is 0 Å². The molecule has 1 atom stereocenters. The molecule has 0 spiro atoms. The number of carbonyl (C=O) groups is 1. The predicted octanol–water partition coefficient (Wildman–Crippen LogP) is 4.96. The molecular weight excluding hydrogens is 359 g/mol. The lowest BCUT2D eigenvalue weighted by Gasteiger charge is -2.18. The van der Waals surface area contributed by atoms with Gasteiger partial charge in [-0.3, -0.25) is 9.78 Å². The van der Waals surface area contributed by atoms with E-state index in [1.807, 2.05) is 32.0 Å². The molecule has 0 bridgehead atoms. The molecule has 3 rings (SSSR count). The molecule has 0 radical (unpaired) electrons. The molecule has 1 heterocycles. The summed E-state index contributed by atoms with van der Waals surface area (Å²) in [5, 5.41) is 3.71. The molecule has 6 heteroatoms. The molecule has 0 saturated carbocycles. The summed E-state index contributed by atoms with van der Waals surface area (Å²) in [5.74, 6) is 0.497. The van der Waals surface area contributed by atoms with E-state index in [9.17, 15) is 9.18 Å². The number of ether oxygens (including phenoxy) is 2. The monoisotopic (exact) mass is 382 g/mol. The Labute approximate surface area is 163 Å². The van der Waals surface area contributed by atoms with Gasteiger partial charge in [0.2, 0.25) is 0 Å². The van der Waals surface area contributed by atoms with Gasteiger partial charge in [0.25, 0.3) is 5.91 Å². The van der Waals surface area contributed by atoms with Crippen LogP contribution in [0.2, 0.25) is 0 Å². The SMILES string of the molecule is CCCOc1ccc(NC(=O)[C@@H](CC)Oc2ccc(F)cc2)c2cccnc12. The van der Waals surface area contributed by atoms with E-state index in [4.69, 9.17) is 9.47 Å². The van der Waals surface area contributed by atoms with E-state index in [-0.39, 0.29) is 11.7 Å². The number of halogens is 1. The second kappa shape index (κ2) is 9.17. The third kappa shape index (κ3) is 4.57. The van der Waals surface area contributed by atoms with Crippen molar-refractivity contribution < 1.29 is 18.7 Å². The highest BCUT2D eigenvalue weighted by molar-refractivity contribution is 6.04. The normalized spacial score (nSPS) is 11.8. The van der Waals surface area contributed by atoms with Crippen LogP contribution in [0.1, 0.15) is 26.7 Å². The van der Waals surface area contributed by atoms with E-state index >= 15 is 0 Å². The van der Waals surface area contributed by atoms with Crippen LogP contribution in [0, 0.1) is 5.82 Å². The van der Waals surface area contributed by atoms with Crippen LogP contribution in [0.15, 0.2) is 54.7 Å². The van der Waals surface area contributed by atoms with E-state index in [1.54, 1.807) is 12.3 Å². The topological polar surface area (TPSA) is 60.5 Å². The Morgan fingerprint density at radius 2 is 1.93 bits per heavy atom. The minimum Gasteiger partial charge on any atom is -0.491 e. The molecule has 0 aliphatic rings. The fourth-order valence-corrected chi connectivity index (χ4v) is 2.80. The second-order valence-corrected chi connectivity index (χ2v) is 6.32. The Hall–Kier alpha value is -3.15. The molecule has 0 aliphatic heterocycles. The molecule has 0 fully saturated rings. The number of fused-ring (bicyclic) bond motifs is 1. The molecule has 146 valence electrons. The Morgan fingerprint density at radius 1 is 1.14 bits per heavy atom. The van der Waals surface area contributed by atoms with Crippen LogP contribution in [0.3, 0.4) is 0 Å². The van der Waals surface area contributed by atoms with Crippen molar-refractivity contribution in [3.63, 3.8) is 0 Å². The third-order valence-corrected chi connectivity index (χ3v) is 4.21. The summed E-state index contributed by atoms with van der Waals surface area (Å²) in [6, 6.07) is 12.9. The maximum Gasteiger partial charge on any atom is 0.265 e. The first-order valence-corrected chi connectivity index (χ1v) is 9.36. The second-order valence-electron chi connectivity index (χ2n) is 6.32. The number of carbonyl (C=O) groups excluding carboxylic acids is 1. The fraction of sp³-hybridized carbons (Fsp3) is 0.273. The molecule has 0 unspecified atom stereocenters. The van der Waals surface area contributed by atoms with Crippen molar-refractivity contribution in [2.45, 2.75) is 32.8 Å². The first kappa shape index (κ1) is 19.6. The Bertz CT molecular complexity index is 944. The van der Waals surface area contributed by atoms with Crippen LogP contribution < -0.4 is 14.8 Å². The highest BCUT2D eigenvalue weighted by Crippen LogP contribution is 2.30. The van der Waals surface area contributed by atoms with Crippen LogP contribution in [0.25, 0.3) is 10.9 Å². The van der Waals surface area contributed by atoms with Gasteiger partial charge in [0.1, 0.15) is 22.8 Å². The standard InChI is InChI=1S/C22H23FN2O3/c1-3-14-27-20-12-11-18(17-6-5-13-24-21(17)20)25-22(26)19(4-2)28-16-9-7-15(23)8-10-16/h5-13,19H,3-4,14H2,1-2H3,(H,25,26)/t19-/m1/s1. The lowest BCUT2D eigenvalue weighted by atomic mass is 10.1. The minimum absolute atomic E-state index is 0.279. The van der Waals surface area contributed by atoms with Crippen LogP contribution in [-0.4, -0.2) is 23.6 Å². The highest BCUT2D eigenvalue weighted by atomic mass is 19.1. The Kier molecular flexibility index (Phi) is 6.42. The van der Waals surface area contributed by atoms with E-state index in [0.29, 0.717) is 35.7 Å². The molecule has 0 saturated heterocycles. The molecule has 28 heavy (non-hydrogen) atoms. The highest BCUT2D eigenvalue weighted by Gasteiger charge is 2.20. The zero-order valence-corrected chi connectivity index (χ0v) is 15.9. The third-order valence-electron chi connectivity index (χ3n) is 4.21. The maximum atomic E-state index is 13.1. The number of amides is 1. The van der Waals surface area contributed by atoms with Crippen molar-refractivity contribution in [3.8, 4) is 11.5 Å². The number of pyridine rings is 1. The van der Waals surface area contributed by atoms with Crippen molar-refractivity contribution in [3.05, 3.63) is 60.5 Å². The molecular formula is C22H23FN2O3. The van der Waals surface area contributed by atoms with Crippen LogP contribution in [-0.2, 0) is 4.79 Å². The minimum atomic E-state index is -0.701. The summed E-state index contributed by atoms with van der Waals surface area (Å²) in [4.78, 5) is 17.2. The lowest BCUT2D eigenvalue weighted by molar-refractivity contribution is -0.122. The molecule has 2 aromatic carbocycles. The van der Waals surface area contributed by atoms with E-state index < -0.39 is 6.10 Å². The van der Waals surface area contributed by atoms with Gasteiger partial charge in [-0.15, -0.1) is 0 Å². The number of aromatic nitrogens is 1. The van der Waals surface area contributed by atoms with Gasteiger partial charge in [-0.2, -0.15) is 0 Å². The van der Waals surface area contributed by atoms with Crippen LogP contribution in [0.5, 0.6) is 11.5 Å². The molecule has 1 N–H and O–H groups in total. The summed E-state index contributed by atoms with van der Waals surface area (Å²) in [6.07, 6.45) is 2.36. The number of benzene rings is 2. The van der Waals surface area contributed by atoms with Crippen molar-refractivity contribution in [2.75, 3.05) is 11.9 Å². The number of rotatable bonds is 8. The summed E-state index contributed by atoms with van der Waals surface area (Å²) in [5.41, 5.74) is 1.33. The van der Waals surface area contributed by atoms with Gasteiger partial charge in [-0.25, -0.2) is 4.39 Å². The average molecular weight is 382 g/mol. The summed E-state index contributed by atoms with van der Waals surface area (Å²) in [6.45, 7) is 4.49. The van der Waals surface area contributed by atoms with Crippen molar-refractivity contribution in [2.24, 2.45) is 0 Å². The quantitative estimate of drug-likeness (QED) is 0.598. The molecule has 5 nitrogen and oxygen atoms in total. The smallest absolute Gasteiger partial charge is 0.265 e. The summed E-state index contributed by atoms with van der Waals surface area (Å²) < 4.78 is 24.5. The molecule has 1 amide bonds. The van der Waals surface area contributed by atoms with E-state index in [0.717, 1.165) is 11.8 Å². The first-order valence-electron chi connectivity index (χ1n) is 9.36. The lowest BCUT2D eigenvalue weighted by Crippen LogP contribution is -2.32.